The average Bonchev–Trinajstić information content (AvgIpc) is 2.27. The predicted octanol–water partition coefficient (Wildman–Crippen LogP) is 2.11. The average molecular weight is 234 g/mol. The fraction of sp³-hybridized carbons (Fsp3) is 0.231. The summed E-state index contributed by atoms with van der Waals surface area (Å²) in [5, 5.41) is 8.77. The minimum Gasteiger partial charge on any atom is -0.478 e. The van der Waals surface area contributed by atoms with E-state index in [-0.39, 0.29) is 0 Å². The van der Waals surface area contributed by atoms with Crippen LogP contribution in [0.2, 0.25) is 0 Å². The Kier molecular flexibility index (Phi) is 4.04. The van der Waals surface area contributed by atoms with E-state index >= 15 is 0 Å². The van der Waals surface area contributed by atoms with Gasteiger partial charge in [0.1, 0.15) is 0 Å². The number of carbonyl (C=O) groups is 2. The molecule has 0 spiro atoms. The largest absolute Gasteiger partial charge is 0.478 e. The maximum absolute atomic E-state index is 11.4. The van der Waals surface area contributed by atoms with Gasteiger partial charge in [0.15, 0.2) is 0 Å². The van der Waals surface area contributed by atoms with Gasteiger partial charge in [-0.1, -0.05) is 30.3 Å². The molecule has 0 saturated carbocycles. The molecular formula is C13H14O4. The highest BCUT2D eigenvalue weighted by molar-refractivity contribution is 5.90. The molecule has 0 saturated heterocycles. The van der Waals surface area contributed by atoms with Crippen molar-refractivity contribution in [3.8, 4) is 0 Å². The third kappa shape index (κ3) is 4.10. The quantitative estimate of drug-likeness (QED) is 0.640. The van der Waals surface area contributed by atoms with E-state index in [9.17, 15) is 9.59 Å². The lowest BCUT2D eigenvalue weighted by molar-refractivity contribution is -0.170. The van der Waals surface area contributed by atoms with E-state index < -0.39 is 17.5 Å². The number of carbonyl (C=O) groups excluding carboxylic acids is 1. The van der Waals surface area contributed by atoms with Crippen LogP contribution in [0.25, 0.3) is 6.08 Å². The Morgan fingerprint density at radius 3 is 2.35 bits per heavy atom. The molecule has 4 nitrogen and oxygen atoms in total. The van der Waals surface area contributed by atoms with E-state index in [0.29, 0.717) is 0 Å². The number of carboxylic acid groups (broad SMARTS) is 1. The molecule has 4 heteroatoms. The van der Waals surface area contributed by atoms with Gasteiger partial charge in [-0.15, -0.1) is 0 Å². The number of aliphatic carboxylic acids is 1. The highest BCUT2D eigenvalue weighted by Crippen LogP contribution is 2.10. The van der Waals surface area contributed by atoms with Gasteiger partial charge in [-0.05, 0) is 25.5 Å². The molecule has 1 rings (SSSR count). The van der Waals surface area contributed by atoms with Crippen molar-refractivity contribution in [3.63, 3.8) is 0 Å². The molecule has 0 bridgehead atoms. The van der Waals surface area contributed by atoms with Crippen LogP contribution >= 0.6 is 0 Å². The van der Waals surface area contributed by atoms with Gasteiger partial charge in [0, 0.05) is 6.08 Å². The van der Waals surface area contributed by atoms with Gasteiger partial charge in [0.2, 0.25) is 5.60 Å². The smallest absolute Gasteiger partial charge is 0.347 e. The summed E-state index contributed by atoms with van der Waals surface area (Å²) in [5.74, 6) is -1.86. The number of hydrogen-bond donors (Lipinski definition) is 1. The maximum atomic E-state index is 11.4. The summed E-state index contributed by atoms with van der Waals surface area (Å²) in [6, 6.07) is 9.19. The van der Waals surface area contributed by atoms with Crippen molar-refractivity contribution >= 4 is 18.0 Å². The number of hydrogen-bond acceptors (Lipinski definition) is 3. The highest BCUT2D eigenvalue weighted by atomic mass is 16.6. The summed E-state index contributed by atoms with van der Waals surface area (Å²) in [7, 11) is 0. The first-order valence-electron chi connectivity index (χ1n) is 5.11. The van der Waals surface area contributed by atoms with E-state index in [1.165, 1.54) is 19.9 Å². The van der Waals surface area contributed by atoms with Crippen LogP contribution in [0, 0.1) is 0 Å². The van der Waals surface area contributed by atoms with Crippen LogP contribution in [0.4, 0.5) is 0 Å². The van der Waals surface area contributed by atoms with Crippen molar-refractivity contribution in [1.82, 2.24) is 0 Å². The van der Waals surface area contributed by atoms with E-state index in [1.54, 1.807) is 6.08 Å². The molecule has 0 heterocycles. The van der Waals surface area contributed by atoms with E-state index in [1.807, 2.05) is 30.3 Å². The molecule has 90 valence electrons. The van der Waals surface area contributed by atoms with Crippen molar-refractivity contribution in [2.45, 2.75) is 19.4 Å². The zero-order chi connectivity index (χ0) is 12.9. The van der Waals surface area contributed by atoms with Crippen molar-refractivity contribution in [2.24, 2.45) is 0 Å². The molecule has 17 heavy (non-hydrogen) atoms. The lowest BCUT2D eigenvalue weighted by atomic mass is 10.1. The number of carboxylic acids is 1. The van der Waals surface area contributed by atoms with Crippen LogP contribution in [0.1, 0.15) is 19.4 Å². The number of ether oxygens (including phenoxy) is 1. The molecule has 0 unspecified atom stereocenters. The van der Waals surface area contributed by atoms with Gasteiger partial charge in [-0.2, -0.15) is 0 Å². The third-order valence-corrected chi connectivity index (χ3v) is 2.08. The minimum absolute atomic E-state index is 0.679. The molecule has 0 atom stereocenters. The number of rotatable bonds is 4. The van der Waals surface area contributed by atoms with Crippen LogP contribution < -0.4 is 0 Å². The lowest BCUT2D eigenvalue weighted by Gasteiger charge is -2.18. The molecule has 1 aromatic rings. The van der Waals surface area contributed by atoms with Crippen LogP contribution in [0.3, 0.4) is 0 Å². The first kappa shape index (κ1) is 13.0. The summed E-state index contributed by atoms with van der Waals surface area (Å²) in [5.41, 5.74) is -0.671. The standard InChI is InChI=1S/C13H14O4/c1-13(2,12(15)16)17-11(14)9-8-10-6-4-3-5-7-10/h3-9H,1-2H3,(H,15,16). The molecule has 1 aromatic carbocycles. The van der Waals surface area contributed by atoms with Gasteiger partial charge in [0.05, 0.1) is 0 Å². The van der Waals surface area contributed by atoms with E-state index in [4.69, 9.17) is 9.84 Å². The third-order valence-electron chi connectivity index (χ3n) is 2.08. The summed E-state index contributed by atoms with van der Waals surface area (Å²) in [6.45, 7) is 2.65. The summed E-state index contributed by atoms with van der Waals surface area (Å²) < 4.78 is 4.80. The molecule has 0 fully saturated rings. The predicted molar refractivity (Wildman–Crippen MR) is 63.3 cm³/mol. The first-order chi connectivity index (χ1) is 7.92. The monoisotopic (exact) mass is 234 g/mol. The zero-order valence-corrected chi connectivity index (χ0v) is 9.71. The second-order valence-corrected chi connectivity index (χ2v) is 3.98. The van der Waals surface area contributed by atoms with E-state index in [2.05, 4.69) is 0 Å². The molecule has 0 amide bonds. The van der Waals surface area contributed by atoms with Crippen LogP contribution in [0.15, 0.2) is 36.4 Å². The Morgan fingerprint density at radius 2 is 1.82 bits per heavy atom. The summed E-state index contributed by atoms with van der Waals surface area (Å²) in [6.07, 6.45) is 2.78. The Labute approximate surface area is 99.5 Å². The second-order valence-electron chi connectivity index (χ2n) is 3.98. The maximum Gasteiger partial charge on any atom is 0.347 e. The Hall–Kier alpha value is -2.10. The number of esters is 1. The van der Waals surface area contributed by atoms with Crippen molar-refractivity contribution in [2.75, 3.05) is 0 Å². The topological polar surface area (TPSA) is 63.6 Å². The van der Waals surface area contributed by atoms with Crippen LogP contribution in [-0.4, -0.2) is 22.6 Å². The normalized spacial score (nSPS) is 11.4. The SMILES string of the molecule is CC(C)(OC(=O)C=Cc1ccccc1)C(=O)O. The van der Waals surface area contributed by atoms with E-state index in [0.717, 1.165) is 5.56 Å². The fourth-order valence-electron chi connectivity index (χ4n) is 1.06. The van der Waals surface area contributed by atoms with Gasteiger partial charge < -0.3 is 9.84 Å². The van der Waals surface area contributed by atoms with Gasteiger partial charge in [-0.3, -0.25) is 0 Å². The lowest BCUT2D eigenvalue weighted by Crippen LogP contribution is -2.36. The van der Waals surface area contributed by atoms with Crippen LogP contribution in [0.5, 0.6) is 0 Å². The Balaban J connectivity index is 2.62. The Morgan fingerprint density at radius 1 is 1.24 bits per heavy atom. The van der Waals surface area contributed by atoms with Gasteiger partial charge in [-0.25, -0.2) is 9.59 Å². The molecule has 0 radical (unpaired) electrons. The van der Waals surface area contributed by atoms with Crippen LogP contribution in [-0.2, 0) is 14.3 Å². The molecule has 0 aliphatic heterocycles. The molecule has 1 N–H and O–H groups in total. The Bertz CT molecular complexity index is 432. The number of benzene rings is 1. The first-order valence-corrected chi connectivity index (χ1v) is 5.11. The summed E-state index contributed by atoms with van der Waals surface area (Å²) >= 11 is 0. The summed E-state index contributed by atoms with van der Waals surface area (Å²) in [4.78, 5) is 22.1. The highest BCUT2D eigenvalue weighted by Gasteiger charge is 2.30. The molecular weight excluding hydrogens is 220 g/mol. The zero-order valence-electron chi connectivity index (χ0n) is 9.71. The minimum atomic E-state index is -1.52. The van der Waals surface area contributed by atoms with Crippen molar-refractivity contribution in [3.05, 3.63) is 42.0 Å². The van der Waals surface area contributed by atoms with Crippen molar-refractivity contribution in [1.29, 1.82) is 0 Å². The van der Waals surface area contributed by atoms with Gasteiger partial charge in [0.25, 0.3) is 0 Å². The molecule has 0 aromatic heterocycles. The fourth-order valence-corrected chi connectivity index (χ4v) is 1.06. The van der Waals surface area contributed by atoms with Gasteiger partial charge >= 0.3 is 11.9 Å². The molecule has 0 aliphatic carbocycles. The van der Waals surface area contributed by atoms with Crippen molar-refractivity contribution < 1.29 is 19.4 Å². The second kappa shape index (κ2) is 5.30. The molecule has 0 aliphatic rings.